The fraction of sp³-hybridized carbons (Fsp3) is 0.125. The first-order chi connectivity index (χ1) is 11.1. The van der Waals surface area contributed by atoms with E-state index in [2.05, 4.69) is 10.9 Å². The third-order valence-electron chi connectivity index (χ3n) is 2.81. The molecule has 2 amide bonds. The van der Waals surface area contributed by atoms with Gasteiger partial charge >= 0.3 is 0 Å². The van der Waals surface area contributed by atoms with Gasteiger partial charge in [0.1, 0.15) is 5.82 Å². The van der Waals surface area contributed by atoms with E-state index in [0.29, 0.717) is 4.90 Å². The van der Waals surface area contributed by atoms with Crippen LogP contribution >= 0.6 is 23.1 Å². The molecule has 0 aliphatic heterocycles. The number of aryl methyl sites for hydroxylation is 1. The highest BCUT2D eigenvalue weighted by Crippen LogP contribution is 2.20. The van der Waals surface area contributed by atoms with Crippen LogP contribution in [-0.2, 0) is 9.59 Å². The normalized spacial score (nSPS) is 10.7. The number of nitrogens with one attached hydrogen (secondary N) is 2. The van der Waals surface area contributed by atoms with Crippen molar-refractivity contribution in [1.29, 1.82) is 0 Å². The zero-order valence-electron chi connectivity index (χ0n) is 12.3. The monoisotopic (exact) mass is 350 g/mol. The van der Waals surface area contributed by atoms with Crippen LogP contribution in [0.2, 0.25) is 0 Å². The van der Waals surface area contributed by atoms with E-state index in [1.165, 1.54) is 23.5 Å². The summed E-state index contributed by atoms with van der Waals surface area (Å²) in [5.74, 6) is -1.20. The maximum atomic E-state index is 13.4. The Balaban J connectivity index is 1.74. The molecule has 0 aliphatic carbocycles. The van der Waals surface area contributed by atoms with Gasteiger partial charge in [0.05, 0.1) is 5.75 Å². The number of hydrazine groups is 1. The van der Waals surface area contributed by atoms with Crippen LogP contribution in [0.25, 0.3) is 6.08 Å². The van der Waals surface area contributed by atoms with Gasteiger partial charge in [0.15, 0.2) is 0 Å². The molecule has 0 saturated carbocycles. The number of carbonyl (C=O) groups is 2. The number of halogens is 1. The molecule has 1 aromatic heterocycles. The van der Waals surface area contributed by atoms with Gasteiger partial charge in [0.2, 0.25) is 5.91 Å². The van der Waals surface area contributed by atoms with Gasteiger partial charge in [-0.25, -0.2) is 4.39 Å². The van der Waals surface area contributed by atoms with E-state index in [0.717, 1.165) is 22.2 Å². The smallest absolute Gasteiger partial charge is 0.262 e. The van der Waals surface area contributed by atoms with Gasteiger partial charge in [-0.05, 0) is 42.1 Å². The summed E-state index contributed by atoms with van der Waals surface area (Å²) in [6, 6.07) is 8.17. The first-order valence-corrected chi connectivity index (χ1v) is 8.61. The molecule has 0 aliphatic rings. The molecular formula is C16H15FN2O2S2. The second-order valence-electron chi connectivity index (χ2n) is 4.56. The second-order valence-corrected chi connectivity index (χ2v) is 6.52. The SMILES string of the molecule is Cc1ccsc1/C=C/C(=O)NNC(=O)CSc1ccccc1F. The molecule has 2 rings (SSSR count). The van der Waals surface area contributed by atoms with Crippen molar-refractivity contribution in [3.63, 3.8) is 0 Å². The van der Waals surface area contributed by atoms with Crippen molar-refractivity contribution in [3.8, 4) is 0 Å². The minimum Gasteiger partial charge on any atom is -0.272 e. The number of thiophene rings is 1. The van der Waals surface area contributed by atoms with Gasteiger partial charge in [-0.3, -0.25) is 20.4 Å². The van der Waals surface area contributed by atoms with Gasteiger partial charge < -0.3 is 0 Å². The lowest BCUT2D eigenvalue weighted by atomic mass is 10.3. The van der Waals surface area contributed by atoms with Crippen molar-refractivity contribution in [2.24, 2.45) is 0 Å². The molecule has 4 nitrogen and oxygen atoms in total. The van der Waals surface area contributed by atoms with E-state index in [1.54, 1.807) is 24.3 Å². The minimum atomic E-state index is -0.429. The van der Waals surface area contributed by atoms with Crippen LogP contribution in [0.5, 0.6) is 0 Å². The quantitative estimate of drug-likeness (QED) is 0.495. The Bertz CT molecular complexity index is 728. The average Bonchev–Trinajstić information content (AvgIpc) is 2.95. The maximum Gasteiger partial charge on any atom is 0.262 e. The molecule has 0 saturated heterocycles. The lowest BCUT2D eigenvalue weighted by Crippen LogP contribution is -2.41. The zero-order valence-corrected chi connectivity index (χ0v) is 14.0. The summed E-state index contributed by atoms with van der Waals surface area (Å²) in [5.41, 5.74) is 5.66. The molecule has 0 fully saturated rings. The second kappa shape index (κ2) is 8.50. The summed E-state index contributed by atoms with van der Waals surface area (Å²) in [5, 5.41) is 1.94. The predicted octanol–water partition coefficient (Wildman–Crippen LogP) is 3.15. The number of thioether (sulfide) groups is 1. The average molecular weight is 350 g/mol. The molecule has 0 spiro atoms. The summed E-state index contributed by atoms with van der Waals surface area (Å²) in [6.07, 6.45) is 3.04. The number of hydrogen-bond donors (Lipinski definition) is 2. The van der Waals surface area contributed by atoms with Gasteiger partial charge in [0.25, 0.3) is 5.91 Å². The third kappa shape index (κ3) is 5.54. The highest BCUT2D eigenvalue weighted by Gasteiger charge is 2.06. The Morgan fingerprint density at radius 3 is 2.74 bits per heavy atom. The number of amides is 2. The first-order valence-electron chi connectivity index (χ1n) is 6.74. The fourth-order valence-corrected chi connectivity index (χ4v) is 3.18. The number of hydrogen-bond acceptors (Lipinski definition) is 4. The lowest BCUT2D eigenvalue weighted by Gasteiger charge is -2.05. The van der Waals surface area contributed by atoms with E-state index in [-0.39, 0.29) is 11.6 Å². The topological polar surface area (TPSA) is 58.2 Å². The number of carbonyl (C=O) groups excluding carboxylic acids is 2. The van der Waals surface area contributed by atoms with Crippen molar-refractivity contribution < 1.29 is 14.0 Å². The summed E-state index contributed by atoms with van der Waals surface area (Å²) in [4.78, 5) is 24.6. The lowest BCUT2D eigenvalue weighted by molar-refractivity contribution is -0.125. The predicted molar refractivity (Wildman–Crippen MR) is 91.5 cm³/mol. The molecule has 120 valence electrons. The van der Waals surface area contributed by atoms with Crippen LogP contribution in [-0.4, -0.2) is 17.6 Å². The molecule has 0 unspecified atom stereocenters. The van der Waals surface area contributed by atoms with Crippen LogP contribution in [0, 0.1) is 12.7 Å². The zero-order chi connectivity index (χ0) is 16.7. The van der Waals surface area contributed by atoms with E-state index in [9.17, 15) is 14.0 Å². The molecular weight excluding hydrogens is 335 g/mol. The summed E-state index contributed by atoms with van der Waals surface area (Å²) < 4.78 is 13.4. The van der Waals surface area contributed by atoms with Gasteiger partial charge in [-0.1, -0.05) is 12.1 Å². The Morgan fingerprint density at radius 1 is 1.26 bits per heavy atom. The molecule has 1 aromatic carbocycles. The fourth-order valence-electron chi connectivity index (χ4n) is 1.62. The van der Waals surface area contributed by atoms with E-state index in [4.69, 9.17) is 0 Å². The van der Waals surface area contributed by atoms with E-state index in [1.807, 2.05) is 18.4 Å². The van der Waals surface area contributed by atoms with Crippen molar-refractivity contribution in [2.75, 3.05) is 5.75 Å². The van der Waals surface area contributed by atoms with Gasteiger partial charge in [-0.15, -0.1) is 23.1 Å². The molecule has 1 heterocycles. The summed E-state index contributed by atoms with van der Waals surface area (Å²) in [6.45, 7) is 1.95. The largest absolute Gasteiger partial charge is 0.272 e. The molecule has 0 atom stereocenters. The van der Waals surface area contributed by atoms with Gasteiger partial charge in [0, 0.05) is 15.8 Å². The van der Waals surface area contributed by atoms with Crippen molar-refractivity contribution in [3.05, 3.63) is 58.0 Å². The van der Waals surface area contributed by atoms with Crippen LogP contribution < -0.4 is 10.9 Å². The van der Waals surface area contributed by atoms with Crippen LogP contribution in [0.3, 0.4) is 0 Å². The van der Waals surface area contributed by atoms with Crippen molar-refractivity contribution in [2.45, 2.75) is 11.8 Å². The molecule has 0 radical (unpaired) electrons. The first kappa shape index (κ1) is 17.2. The maximum absolute atomic E-state index is 13.4. The Morgan fingerprint density at radius 2 is 2.04 bits per heavy atom. The Hall–Kier alpha value is -2.12. The minimum absolute atomic E-state index is 0.00889. The number of benzene rings is 1. The van der Waals surface area contributed by atoms with E-state index >= 15 is 0 Å². The highest BCUT2D eigenvalue weighted by atomic mass is 32.2. The Labute approximate surface area is 141 Å². The molecule has 0 bridgehead atoms. The van der Waals surface area contributed by atoms with Crippen LogP contribution in [0.1, 0.15) is 10.4 Å². The van der Waals surface area contributed by atoms with Crippen LogP contribution in [0.4, 0.5) is 4.39 Å². The molecule has 2 aromatic rings. The molecule has 7 heteroatoms. The van der Waals surface area contributed by atoms with E-state index < -0.39 is 11.8 Å². The third-order valence-corrected chi connectivity index (χ3v) is 4.84. The molecule has 2 N–H and O–H groups in total. The standard InChI is InChI=1S/C16H15FN2O2S2/c1-11-8-9-22-13(11)6-7-15(20)18-19-16(21)10-23-14-5-3-2-4-12(14)17/h2-9H,10H2,1H3,(H,18,20)(H,19,21)/b7-6+. The summed E-state index contributed by atoms with van der Waals surface area (Å²) >= 11 is 2.60. The van der Waals surface area contributed by atoms with Crippen molar-refractivity contribution >= 4 is 41.0 Å². The summed E-state index contributed by atoms with van der Waals surface area (Å²) in [7, 11) is 0. The Kier molecular flexibility index (Phi) is 6.37. The van der Waals surface area contributed by atoms with Gasteiger partial charge in [-0.2, -0.15) is 0 Å². The number of rotatable bonds is 5. The molecule has 23 heavy (non-hydrogen) atoms. The van der Waals surface area contributed by atoms with Crippen molar-refractivity contribution in [1.82, 2.24) is 10.9 Å². The highest BCUT2D eigenvalue weighted by molar-refractivity contribution is 8.00. The van der Waals surface area contributed by atoms with Crippen LogP contribution in [0.15, 0.2) is 46.7 Å².